The number of hydrogen-bond acceptors (Lipinski definition) is 2. The first-order valence-corrected chi connectivity index (χ1v) is 8.55. The van der Waals surface area contributed by atoms with Gasteiger partial charge in [0, 0.05) is 0 Å². The first-order chi connectivity index (χ1) is 9.74. The van der Waals surface area contributed by atoms with E-state index in [9.17, 15) is 5.11 Å². The van der Waals surface area contributed by atoms with Crippen LogP contribution in [0.1, 0.15) is 89.4 Å². The summed E-state index contributed by atoms with van der Waals surface area (Å²) in [4.78, 5) is 0. The Hall–Kier alpha value is -0.470. The van der Waals surface area contributed by atoms with Crippen LogP contribution in [0.2, 0.25) is 5.22 Å². The number of rotatable bonds is 12. The fraction of sp³-hybridized carbons (Fsp3) is 0.765. The summed E-state index contributed by atoms with van der Waals surface area (Å²) in [6.07, 6.45) is 13.4. The molecular formula is C17H29ClO2. The molecule has 20 heavy (non-hydrogen) atoms. The molecule has 1 aromatic heterocycles. The van der Waals surface area contributed by atoms with Crippen LogP contribution in [0.25, 0.3) is 0 Å². The molecule has 0 amide bonds. The maximum absolute atomic E-state index is 9.90. The first-order valence-electron chi connectivity index (χ1n) is 8.17. The lowest BCUT2D eigenvalue weighted by atomic mass is 10.0. The molecule has 0 radical (unpaired) electrons. The monoisotopic (exact) mass is 300 g/mol. The number of hydrogen-bond donors (Lipinski definition) is 1. The van der Waals surface area contributed by atoms with Crippen molar-refractivity contribution in [3.8, 4) is 0 Å². The molecular weight excluding hydrogens is 272 g/mol. The maximum atomic E-state index is 9.90. The molecule has 3 heteroatoms. The Labute approximate surface area is 128 Å². The zero-order valence-electron chi connectivity index (χ0n) is 12.7. The van der Waals surface area contributed by atoms with Crippen molar-refractivity contribution in [2.45, 2.75) is 83.7 Å². The molecule has 1 atom stereocenters. The standard InChI is InChI=1S/C17H29ClO2/c1-2-3-4-5-6-7-8-9-10-11-12-15(19)16-13-14-17(18)20-16/h13-15,19H,2-12H2,1H3. The van der Waals surface area contributed by atoms with Crippen molar-refractivity contribution in [3.63, 3.8) is 0 Å². The number of halogens is 1. The minimum Gasteiger partial charge on any atom is -0.447 e. The van der Waals surface area contributed by atoms with Crippen molar-refractivity contribution in [1.82, 2.24) is 0 Å². The highest BCUT2D eigenvalue weighted by Crippen LogP contribution is 2.24. The van der Waals surface area contributed by atoms with Crippen molar-refractivity contribution in [1.29, 1.82) is 0 Å². The first kappa shape index (κ1) is 17.6. The summed E-state index contributed by atoms with van der Waals surface area (Å²) in [6, 6.07) is 3.43. The van der Waals surface area contributed by atoms with Crippen LogP contribution < -0.4 is 0 Å². The van der Waals surface area contributed by atoms with Crippen LogP contribution in [0.5, 0.6) is 0 Å². The molecule has 1 aromatic rings. The van der Waals surface area contributed by atoms with Crippen LogP contribution in [-0.2, 0) is 0 Å². The van der Waals surface area contributed by atoms with Gasteiger partial charge in [-0.1, -0.05) is 71.1 Å². The Morgan fingerprint density at radius 2 is 1.50 bits per heavy atom. The van der Waals surface area contributed by atoms with Gasteiger partial charge >= 0.3 is 0 Å². The highest BCUT2D eigenvalue weighted by atomic mass is 35.5. The SMILES string of the molecule is CCCCCCCCCCCCC(O)c1ccc(Cl)o1. The molecule has 1 N–H and O–H groups in total. The quantitative estimate of drug-likeness (QED) is 0.461. The van der Waals surface area contributed by atoms with Gasteiger partial charge in [-0.15, -0.1) is 0 Å². The Morgan fingerprint density at radius 3 is 2.00 bits per heavy atom. The van der Waals surface area contributed by atoms with Crippen LogP contribution in [0.15, 0.2) is 16.5 Å². The third-order valence-corrected chi connectivity index (χ3v) is 3.96. The Kier molecular flexibility index (Phi) is 9.86. The van der Waals surface area contributed by atoms with Crippen molar-refractivity contribution in [2.75, 3.05) is 0 Å². The summed E-state index contributed by atoms with van der Waals surface area (Å²) in [5.41, 5.74) is 0. The Balaban J connectivity index is 1.89. The zero-order chi connectivity index (χ0) is 14.6. The molecule has 1 unspecified atom stereocenters. The Morgan fingerprint density at radius 1 is 0.950 bits per heavy atom. The van der Waals surface area contributed by atoms with Gasteiger partial charge in [-0.05, 0) is 30.2 Å². The summed E-state index contributed by atoms with van der Waals surface area (Å²) in [5.74, 6) is 0.589. The van der Waals surface area contributed by atoms with E-state index in [1.165, 1.54) is 57.8 Å². The topological polar surface area (TPSA) is 33.4 Å². The predicted molar refractivity (Wildman–Crippen MR) is 85.1 cm³/mol. The van der Waals surface area contributed by atoms with E-state index in [1.807, 2.05) is 0 Å². The van der Waals surface area contributed by atoms with E-state index in [2.05, 4.69) is 6.92 Å². The van der Waals surface area contributed by atoms with Gasteiger partial charge in [0.15, 0.2) is 5.22 Å². The van der Waals surface area contributed by atoms with Gasteiger partial charge < -0.3 is 9.52 Å². The number of furan rings is 1. The lowest BCUT2D eigenvalue weighted by Gasteiger charge is -2.07. The van der Waals surface area contributed by atoms with Crippen molar-refractivity contribution in [2.24, 2.45) is 0 Å². The predicted octanol–water partition coefficient (Wildman–Crippen LogP) is 6.28. The third kappa shape index (κ3) is 7.96. The van der Waals surface area contributed by atoms with Gasteiger partial charge in [-0.25, -0.2) is 0 Å². The molecule has 0 aromatic carbocycles. The van der Waals surface area contributed by atoms with Crippen LogP contribution in [0.3, 0.4) is 0 Å². The molecule has 1 rings (SSSR count). The molecule has 2 nitrogen and oxygen atoms in total. The lowest BCUT2D eigenvalue weighted by Crippen LogP contribution is -1.95. The highest BCUT2D eigenvalue weighted by molar-refractivity contribution is 6.28. The maximum Gasteiger partial charge on any atom is 0.193 e. The molecule has 1 heterocycles. The van der Waals surface area contributed by atoms with Crippen molar-refractivity contribution >= 4 is 11.6 Å². The average molecular weight is 301 g/mol. The highest BCUT2D eigenvalue weighted by Gasteiger charge is 2.11. The number of aliphatic hydroxyl groups is 1. The number of aliphatic hydroxyl groups excluding tert-OH is 1. The fourth-order valence-corrected chi connectivity index (χ4v) is 2.63. The van der Waals surface area contributed by atoms with E-state index in [-0.39, 0.29) is 0 Å². The fourth-order valence-electron chi connectivity index (χ4n) is 2.47. The van der Waals surface area contributed by atoms with Crippen LogP contribution in [0, 0.1) is 0 Å². The largest absolute Gasteiger partial charge is 0.447 e. The van der Waals surface area contributed by atoms with Crippen molar-refractivity contribution in [3.05, 3.63) is 23.1 Å². The number of unbranched alkanes of at least 4 members (excludes halogenated alkanes) is 9. The van der Waals surface area contributed by atoms with Gasteiger partial charge in [-0.3, -0.25) is 0 Å². The van der Waals surface area contributed by atoms with Gasteiger partial charge in [0.25, 0.3) is 0 Å². The molecule has 0 saturated heterocycles. The second-order valence-corrected chi connectivity index (χ2v) is 6.00. The summed E-state index contributed by atoms with van der Waals surface area (Å²) in [5, 5.41) is 10.3. The zero-order valence-corrected chi connectivity index (χ0v) is 13.5. The van der Waals surface area contributed by atoms with Crippen molar-refractivity contribution < 1.29 is 9.52 Å². The Bertz CT molecular complexity index is 335. The van der Waals surface area contributed by atoms with Crippen LogP contribution >= 0.6 is 11.6 Å². The smallest absolute Gasteiger partial charge is 0.193 e. The molecule has 0 aliphatic carbocycles. The lowest BCUT2D eigenvalue weighted by molar-refractivity contribution is 0.137. The molecule has 0 aliphatic rings. The van der Waals surface area contributed by atoms with E-state index >= 15 is 0 Å². The summed E-state index contributed by atoms with van der Waals surface area (Å²) < 4.78 is 5.20. The minimum atomic E-state index is -0.503. The molecule has 0 aliphatic heterocycles. The molecule has 116 valence electrons. The molecule has 0 fully saturated rings. The van der Waals surface area contributed by atoms with Gasteiger partial charge in [0.05, 0.1) is 0 Å². The van der Waals surface area contributed by atoms with Crippen LogP contribution in [0.4, 0.5) is 0 Å². The molecule has 0 spiro atoms. The van der Waals surface area contributed by atoms with E-state index < -0.39 is 6.10 Å². The second kappa shape index (κ2) is 11.2. The third-order valence-electron chi connectivity index (χ3n) is 3.75. The minimum absolute atomic E-state index is 0.349. The van der Waals surface area contributed by atoms with Gasteiger partial charge in [-0.2, -0.15) is 0 Å². The van der Waals surface area contributed by atoms with E-state index in [1.54, 1.807) is 12.1 Å². The van der Waals surface area contributed by atoms with E-state index in [0.717, 1.165) is 12.8 Å². The van der Waals surface area contributed by atoms with E-state index in [4.69, 9.17) is 16.0 Å². The van der Waals surface area contributed by atoms with Crippen LogP contribution in [-0.4, -0.2) is 5.11 Å². The second-order valence-electron chi connectivity index (χ2n) is 5.63. The summed E-state index contributed by atoms with van der Waals surface area (Å²) in [6.45, 7) is 2.26. The average Bonchev–Trinajstić information content (AvgIpc) is 2.87. The van der Waals surface area contributed by atoms with Gasteiger partial charge in [0.1, 0.15) is 11.9 Å². The van der Waals surface area contributed by atoms with Gasteiger partial charge in [0.2, 0.25) is 0 Å². The summed E-state index contributed by atoms with van der Waals surface area (Å²) >= 11 is 5.69. The summed E-state index contributed by atoms with van der Waals surface area (Å²) in [7, 11) is 0. The van der Waals surface area contributed by atoms with E-state index in [0.29, 0.717) is 11.0 Å². The molecule has 0 bridgehead atoms. The molecule has 0 saturated carbocycles. The normalized spacial score (nSPS) is 12.8.